The Hall–Kier alpha value is -2.51. The number of hydrogen-bond donors (Lipinski definition) is 2. The van der Waals surface area contributed by atoms with Gasteiger partial charge in [-0.25, -0.2) is 9.97 Å². The monoisotopic (exact) mass is 288 g/mol. The molecule has 0 saturated heterocycles. The molecular formula is C13H16N6O2. The highest BCUT2D eigenvalue weighted by atomic mass is 16.5. The Kier molecular flexibility index (Phi) is 3.28. The summed E-state index contributed by atoms with van der Waals surface area (Å²) in [4.78, 5) is 23.9. The summed E-state index contributed by atoms with van der Waals surface area (Å²) in [5.74, 6) is 0.499. The molecule has 0 atom stereocenters. The van der Waals surface area contributed by atoms with E-state index in [0.717, 1.165) is 12.8 Å². The van der Waals surface area contributed by atoms with Crippen molar-refractivity contribution in [3.8, 4) is 11.5 Å². The molecule has 2 aromatic rings. The van der Waals surface area contributed by atoms with Crippen molar-refractivity contribution in [2.75, 3.05) is 5.73 Å². The second-order valence-electron chi connectivity index (χ2n) is 5.19. The van der Waals surface area contributed by atoms with Crippen LogP contribution in [0.2, 0.25) is 0 Å². The lowest BCUT2D eigenvalue weighted by Crippen LogP contribution is -2.18. The van der Waals surface area contributed by atoms with E-state index in [4.69, 9.17) is 16.0 Å². The van der Waals surface area contributed by atoms with Crippen LogP contribution in [0.5, 0.6) is 0 Å². The molecule has 8 heteroatoms. The fraction of sp³-hybridized carbons (Fsp3) is 0.462. The van der Waals surface area contributed by atoms with E-state index in [1.54, 1.807) is 6.92 Å². The van der Waals surface area contributed by atoms with Crippen LogP contribution in [0.3, 0.4) is 0 Å². The molecule has 0 aromatic carbocycles. The Morgan fingerprint density at radius 1 is 1.24 bits per heavy atom. The Bertz CT molecular complexity index is 690. The minimum atomic E-state index is -0.735. The summed E-state index contributed by atoms with van der Waals surface area (Å²) >= 11 is 0. The van der Waals surface area contributed by atoms with Crippen molar-refractivity contribution in [3.05, 3.63) is 17.3 Å². The Labute approximate surface area is 121 Å². The summed E-state index contributed by atoms with van der Waals surface area (Å²) in [6, 6.07) is 0. The zero-order valence-corrected chi connectivity index (χ0v) is 11.7. The molecule has 0 unspecified atom stereocenters. The smallest absolute Gasteiger partial charge is 0.271 e. The highest BCUT2D eigenvalue weighted by molar-refractivity contribution is 5.95. The number of hydrogen-bond acceptors (Lipinski definition) is 7. The lowest BCUT2D eigenvalue weighted by atomic mass is 10.1. The highest BCUT2D eigenvalue weighted by Crippen LogP contribution is 2.34. The molecule has 0 radical (unpaired) electrons. The fourth-order valence-corrected chi connectivity index (χ4v) is 2.60. The van der Waals surface area contributed by atoms with Gasteiger partial charge < -0.3 is 16.0 Å². The Morgan fingerprint density at radius 2 is 1.95 bits per heavy atom. The lowest BCUT2D eigenvalue weighted by Gasteiger charge is -2.04. The average Bonchev–Trinajstić information content (AvgIpc) is 3.09. The summed E-state index contributed by atoms with van der Waals surface area (Å²) in [5, 5.41) is 3.94. The largest absolute Gasteiger partial charge is 0.382 e. The van der Waals surface area contributed by atoms with E-state index in [9.17, 15) is 4.79 Å². The molecule has 4 N–H and O–H groups in total. The zero-order chi connectivity index (χ0) is 15.0. The Balaban J connectivity index is 2.00. The van der Waals surface area contributed by atoms with Gasteiger partial charge in [-0.2, -0.15) is 4.98 Å². The number of carbonyl (C=O) groups excluding carboxylic acids is 1. The summed E-state index contributed by atoms with van der Waals surface area (Å²) in [6.45, 7) is 1.72. The summed E-state index contributed by atoms with van der Waals surface area (Å²) < 4.78 is 5.31. The second-order valence-corrected chi connectivity index (χ2v) is 5.19. The van der Waals surface area contributed by atoms with Crippen molar-refractivity contribution in [2.24, 2.45) is 5.73 Å². The number of nitrogens with two attached hydrogens (primary N) is 2. The van der Waals surface area contributed by atoms with Crippen LogP contribution in [-0.2, 0) is 0 Å². The van der Waals surface area contributed by atoms with Gasteiger partial charge in [0.25, 0.3) is 5.91 Å². The molecule has 110 valence electrons. The minimum Gasteiger partial charge on any atom is -0.382 e. The molecular weight excluding hydrogens is 272 g/mol. The molecule has 2 aromatic heterocycles. The van der Waals surface area contributed by atoms with Gasteiger partial charge in [0.1, 0.15) is 5.69 Å². The molecule has 8 nitrogen and oxygen atoms in total. The topological polar surface area (TPSA) is 134 Å². The maximum absolute atomic E-state index is 11.3. The van der Waals surface area contributed by atoms with Gasteiger partial charge in [-0.05, 0) is 19.8 Å². The van der Waals surface area contributed by atoms with Gasteiger partial charge in [-0.1, -0.05) is 18.0 Å². The van der Waals surface area contributed by atoms with Gasteiger partial charge in [0.05, 0.1) is 5.69 Å². The van der Waals surface area contributed by atoms with Crippen LogP contribution in [-0.4, -0.2) is 26.0 Å². The summed E-state index contributed by atoms with van der Waals surface area (Å²) in [6.07, 6.45) is 4.46. The first kappa shape index (κ1) is 13.5. The lowest BCUT2D eigenvalue weighted by molar-refractivity contribution is 0.0996. The number of nitrogens with zero attached hydrogens (tertiary/aromatic N) is 4. The van der Waals surface area contributed by atoms with Crippen molar-refractivity contribution >= 4 is 11.7 Å². The van der Waals surface area contributed by atoms with Crippen molar-refractivity contribution in [1.82, 2.24) is 20.1 Å². The normalized spacial score (nSPS) is 15.5. The van der Waals surface area contributed by atoms with E-state index in [-0.39, 0.29) is 11.5 Å². The van der Waals surface area contributed by atoms with Gasteiger partial charge in [0.15, 0.2) is 11.5 Å². The van der Waals surface area contributed by atoms with E-state index in [1.807, 2.05) is 0 Å². The molecule has 1 saturated carbocycles. The standard InChI is InChI=1S/C13H16N6O2/c1-6-8(17-9(11(15)20)10(14)16-6)12-18-13(21-19-12)7-4-2-3-5-7/h7H,2-5H2,1H3,(H2,14,16)(H2,15,20). The van der Waals surface area contributed by atoms with E-state index < -0.39 is 5.91 Å². The molecule has 0 aliphatic heterocycles. The van der Waals surface area contributed by atoms with Crippen molar-refractivity contribution in [2.45, 2.75) is 38.5 Å². The average molecular weight is 288 g/mol. The summed E-state index contributed by atoms with van der Waals surface area (Å²) in [7, 11) is 0. The second kappa shape index (κ2) is 5.12. The molecule has 1 aliphatic carbocycles. The van der Waals surface area contributed by atoms with Crippen LogP contribution in [0.1, 0.15) is 53.7 Å². The SMILES string of the molecule is Cc1nc(N)c(C(N)=O)nc1-c1noc(C2CCCC2)n1. The van der Waals surface area contributed by atoms with Gasteiger partial charge in [0, 0.05) is 5.92 Å². The molecule has 1 aliphatic rings. The predicted molar refractivity (Wildman–Crippen MR) is 74.2 cm³/mol. The third-order valence-electron chi connectivity index (χ3n) is 3.69. The predicted octanol–water partition coefficient (Wildman–Crippen LogP) is 1.17. The van der Waals surface area contributed by atoms with E-state index in [1.165, 1.54) is 12.8 Å². The summed E-state index contributed by atoms with van der Waals surface area (Å²) in [5.41, 5.74) is 11.7. The quantitative estimate of drug-likeness (QED) is 0.865. The number of aryl methyl sites for hydroxylation is 1. The van der Waals surface area contributed by atoms with Crippen molar-refractivity contribution < 1.29 is 9.32 Å². The van der Waals surface area contributed by atoms with Crippen LogP contribution < -0.4 is 11.5 Å². The minimum absolute atomic E-state index is 0.00302. The van der Waals surface area contributed by atoms with E-state index in [2.05, 4.69) is 20.1 Å². The first-order valence-corrected chi connectivity index (χ1v) is 6.84. The highest BCUT2D eigenvalue weighted by Gasteiger charge is 2.25. The number of carbonyl (C=O) groups is 1. The van der Waals surface area contributed by atoms with Gasteiger partial charge >= 0.3 is 0 Å². The van der Waals surface area contributed by atoms with Gasteiger partial charge in [-0.15, -0.1) is 0 Å². The molecule has 0 spiro atoms. The van der Waals surface area contributed by atoms with Crippen LogP contribution in [0.15, 0.2) is 4.52 Å². The first-order chi connectivity index (χ1) is 10.1. The van der Waals surface area contributed by atoms with E-state index >= 15 is 0 Å². The molecule has 1 amide bonds. The Morgan fingerprint density at radius 3 is 2.62 bits per heavy atom. The molecule has 21 heavy (non-hydrogen) atoms. The number of anilines is 1. The van der Waals surface area contributed by atoms with Crippen LogP contribution >= 0.6 is 0 Å². The molecule has 1 fully saturated rings. The van der Waals surface area contributed by atoms with Crippen LogP contribution in [0.25, 0.3) is 11.5 Å². The van der Waals surface area contributed by atoms with Crippen LogP contribution in [0.4, 0.5) is 5.82 Å². The third kappa shape index (κ3) is 2.44. The number of primary amides is 1. The maximum Gasteiger partial charge on any atom is 0.271 e. The van der Waals surface area contributed by atoms with Crippen LogP contribution in [0, 0.1) is 6.92 Å². The number of rotatable bonds is 3. The number of aromatic nitrogens is 4. The van der Waals surface area contributed by atoms with Crippen molar-refractivity contribution in [3.63, 3.8) is 0 Å². The molecule has 0 bridgehead atoms. The molecule has 2 heterocycles. The van der Waals surface area contributed by atoms with Crippen molar-refractivity contribution in [1.29, 1.82) is 0 Å². The number of amides is 1. The third-order valence-corrected chi connectivity index (χ3v) is 3.69. The maximum atomic E-state index is 11.3. The first-order valence-electron chi connectivity index (χ1n) is 6.84. The molecule has 3 rings (SSSR count). The fourth-order valence-electron chi connectivity index (χ4n) is 2.60. The van der Waals surface area contributed by atoms with Gasteiger partial charge in [-0.3, -0.25) is 4.79 Å². The number of nitrogen functional groups attached to an aromatic ring is 1. The zero-order valence-electron chi connectivity index (χ0n) is 11.7. The van der Waals surface area contributed by atoms with Gasteiger partial charge in [0.2, 0.25) is 11.7 Å². The van der Waals surface area contributed by atoms with E-state index in [0.29, 0.717) is 29.0 Å².